The largest absolute Gasteiger partial charge is 0.341 e. The van der Waals surface area contributed by atoms with Gasteiger partial charge in [0.25, 0.3) is 0 Å². The van der Waals surface area contributed by atoms with E-state index < -0.39 is 5.97 Å². The molecule has 5 rings (SSSR count). The minimum absolute atomic E-state index is 0.0385. The number of aromatic nitrogens is 1. The summed E-state index contributed by atoms with van der Waals surface area (Å²) in [4.78, 5) is 44.4. The van der Waals surface area contributed by atoms with Crippen molar-refractivity contribution in [3.05, 3.63) is 106 Å². The minimum atomic E-state index is -0.574. The van der Waals surface area contributed by atoms with Gasteiger partial charge >= 0.3 is 5.97 Å². The van der Waals surface area contributed by atoms with Gasteiger partial charge in [0.1, 0.15) is 5.71 Å². The molecule has 1 aromatic heterocycles. The van der Waals surface area contributed by atoms with E-state index in [1.165, 1.54) is 6.92 Å². The number of rotatable bonds is 11. The number of benzene rings is 3. The van der Waals surface area contributed by atoms with Crippen LogP contribution < -0.4 is 0 Å². The highest BCUT2D eigenvalue weighted by Crippen LogP contribution is 2.40. The lowest BCUT2D eigenvalue weighted by atomic mass is 9.84. The molecule has 3 aromatic carbocycles. The van der Waals surface area contributed by atoms with Crippen LogP contribution in [0.2, 0.25) is 5.02 Å². The molecule has 0 saturated heterocycles. The molecular formula is C34H31ClN2O4S. The first-order chi connectivity index (χ1) is 20.4. The highest BCUT2D eigenvalue weighted by molar-refractivity contribution is 7.99. The number of hydrogen-bond donors (Lipinski definition) is 0. The first-order valence-corrected chi connectivity index (χ1v) is 15.3. The quantitative estimate of drug-likeness (QED) is 0.0573. The van der Waals surface area contributed by atoms with Crippen molar-refractivity contribution in [1.82, 2.24) is 4.57 Å². The molecule has 0 N–H and O–H groups in total. The smallest absolute Gasteiger partial charge is 0.331 e. The molecule has 0 amide bonds. The molecule has 1 unspecified atom stereocenters. The summed E-state index contributed by atoms with van der Waals surface area (Å²) in [6, 6.07) is 22.6. The molecule has 0 saturated carbocycles. The van der Waals surface area contributed by atoms with E-state index in [9.17, 15) is 14.4 Å². The highest BCUT2D eigenvalue weighted by Gasteiger charge is 2.28. The van der Waals surface area contributed by atoms with E-state index in [4.69, 9.17) is 16.4 Å². The SMILES string of the molecule is CCn1c2c(c3cc(C(=O)c4ccccc4)ccc31)C(CC(=O)/C(CCSc1ccc(Cl)cc1)=N/OC(C)=O)CC=C2. The number of oxime groups is 1. The Bertz CT molecular complexity index is 1690. The van der Waals surface area contributed by atoms with E-state index >= 15 is 0 Å². The zero-order valence-electron chi connectivity index (χ0n) is 23.5. The first-order valence-electron chi connectivity index (χ1n) is 13.9. The summed E-state index contributed by atoms with van der Waals surface area (Å²) in [6.45, 7) is 4.11. The summed E-state index contributed by atoms with van der Waals surface area (Å²) in [6.07, 6.45) is 5.44. The summed E-state index contributed by atoms with van der Waals surface area (Å²) in [7, 11) is 0. The van der Waals surface area contributed by atoms with E-state index in [1.54, 1.807) is 11.8 Å². The van der Waals surface area contributed by atoms with Gasteiger partial charge in [-0.3, -0.25) is 9.59 Å². The molecule has 0 bridgehead atoms. The number of Topliss-reactive ketones (excluding diaryl/α,β-unsaturated/α-hetero) is 1. The van der Waals surface area contributed by atoms with Crippen LogP contribution in [0, 0.1) is 0 Å². The average Bonchev–Trinajstić information content (AvgIpc) is 3.33. The molecule has 0 aliphatic heterocycles. The number of thioether (sulfide) groups is 1. The number of halogens is 1. The third-order valence-electron chi connectivity index (χ3n) is 7.32. The number of fused-ring (bicyclic) bond motifs is 3. The number of hydrogen-bond acceptors (Lipinski definition) is 6. The van der Waals surface area contributed by atoms with Gasteiger partial charge in [-0.2, -0.15) is 0 Å². The van der Waals surface area contributed by atoms with Crippen LogP contribution in [0.15, 0.2) is 88.9 Å². The van der Waals surface area contributed by atoms with Gasteiger partial charge < -0.3 is 9.40 Å². The molecule has 8 heteroatoms. The van der Waals surface area contributed by atoms with Crippen LogP contribution in [-0.2, 0) is 21.0 Å². The maximum Gasteiger partial charge on any atom is 0.331 e. The Balaban J connectivity index is 1.42. The van der Waals surface area contributed by atoms with Crippen LogP contribution >= 0.6 is 23.4 Å². The van der Waals surface area contributed by atoms with E-state index in [2.05, 4.69) is 28.8 Å². The van der Waals surface area contributed by atoms with Gasteiger partial charge in [-0.15, -0.1) is 11.8 Å². The molecule has 42 heavy (non-hydrogen) atoms. The van der Waals surface area contributed by atoms with Crippen molar-refractivity contribution in [2.24, 2.45) is 5.16 Å². The Morgan fingerprint density at radius 3 is 2.50 bits per heavy atom. The summed E-state index contributed by atoms with van der Waals surface area (Å²) >= 11 is 7.57. The van der Waals surface area contributed by atoms with Crippen molar-refractivity contribution in [2.75, 3.05) is 5.75 Å². The van der Waals surface area contributed by atoms with Crippen LogP contribution in [0.1, 0.15) is 66.2 Å². The maximum absolute atomic E-state index is 13.7. The fourth-order valence-corrected chi connectivity index (χ4v) is 6.37. The second-order valence-electron chi connectivity index (χ2n) is 10.1. The van der Waals surface area contributed by atoms with Crippen LogP contribution in [0.3, 0.4) is 0 Å². The third kappa shape index (κ3) is 6.58. The van der Waals surface area contributed by atoms with Gasteiger partial charge in [-0.05, 0) is 73.4 Å². The second kappa shape index (κ2) is 13.4. The molecule has 1 heterocycles. The molecule has 0 fully saturated rings. The lowest BCUT2D eigenvalue weighted by molar-refractivity contribution is -0.141. The Hall–Kier alpha value is -3.94. The molecule has 1 atom stereocenters. The van der Waals surface area contributed by atoms with Crippen LogP contribution in [0.25, 0.3) is 17.0 Å². The monoisotopic (exact) mass is 598 g/mol. The van der Waals surface area contributed by atoms with Crippen molar-refractivity contribution in [3.63, 3.8) is 0 Å². The molecule has 1 aliphatic carbocycles. The van der Waals surface area contributed by atoms with Crippen molar-refractivity contribution >= 4 is 63.6 Å². The Kier molecular flexibility index (Phi) is 9.40. The predicted octanol–water partition coefficient (Wildman–Crippen LogP) is 8.11. The Morgan fingerprint density at radius 2 is 1.79 bits per heavy atom. The summed E-state index contributed by atoms with van der Waals surface area (Å²) < 4.78 is 2.23. The van der Waals surface area contributed by atoms with E-state index in [1.807, 2.05) is 72.8 Å². The maximum atomic E-state index is 13.7. The molecule has 0 spiro atoms. The van der Waals surface area contributed by atoms with Crippen molar-refractivity contribution in [2.45, 2.75) is 50.5 Å². The highest BCUT2D eigenvalue weighted by atomic mass is 35.5. The molecular weight excluding hydrogens is 568 g/mol. The summed E-state index contributed by atoms with van der Waals surface area (Å²) in [5.41, 5.74) is 4.63. The van der Waals surface area contributed by atoms with Gasteiger partial charge in [0.15, 0.2) is 11.6 Å². The topological polar surface area (TPSA) is 77.7 Å². The number of carbonyl (C=O) groups is 3. The molecule has 1 aliphatic rings. The first kappa shape index (κ1) is 29.5. The predicted molar refractivity (Wildman–Crippen MR) is 169 cm³/mol. The fraction of sp³-hybridized carbons (Fsp3) is 0.235. The fourth-order valence-electron chi connectivity index (χ4n) is 5.39. The Labute approximate surface area is 254 Å². The van der Waals surface area contributed by atoms with Crippen molar-refractivity contribution < 1.29 is 19.2 Å². The van der Waals surface area contributed by atoms with Gasteiger partial charge in [-0.25, -0.2) is 4.79 Å². The minimum Gasteiger partial charge on any atom is -0.341 e. The molecule has 214 valence electrons. The third-order valence-corrected chi connectivity index (χ3v) is 8.59. The van der Waals surface area contributed by atoms with Gasteiger partial charge in [-0.1, -0.05) is 53.2 Å². The summed E-state index contributed by atoms with van der Waals surface area (Å²) in [5, 5.41) is 5.60. The number of carbonyl (C=O) groups excluding carboxylic acids is 3. The van der Waals surface area contributed by atoms with Crippen molar-refractivity contribution in [3.8, 4) is 0 Å². The lowest BCUT2D eigenvalue weighted by Crippen LogP contribution is -2.20. The van der Waals surface area contributed by atoms with Gasteiger partial charge in [0.2, 0.25) is 0 Å². The molecule has 6 nitrogen and oxygen atoms in total. The van der Waals surface area contributed by atoms with E-state index in [-0.39, 0.29) is 29.6 Å². The van der Waals surface area contributed by atoms with Gasteiger partial charge in [0, 0.05) is 69.7 Å². The zero-order valence-corrected chi connectivity index (χ0v) is 25.1. The lowest BCUT2D eigenvalue weighted by Gasteiger charge is -2.20. The van der Waals surface area contributed by atoms with Gasteiger partial charge in [0.05, 0.1) is 0 Å². The van der Waals surface area contributed by atoms with Crippen molar-refractivity contribution in [1.29, 1.82) is 0 Å². The number of ketones is 2. The standard InChI is InChI=1S/C34H31ClN2O4S/c1-3-37-30-17-12-25(34(40)23-8-5-4-6-9-23)20-28(30)33-24(10-7-11-31(33)37)21-32(39)29(36-41-22(2)38)18-19-42-27-15-13-26(35)14-16-27/h4-9,11-17,20,24H,3,10,18-19,21H2,1-2H3/b36-29+. The number of allylic oxidation sites excluding steroid dienone is 1. The number of nitrogens with zero attached hydrogens (tertiary/aromatic N) is 2. The Morgan fingerprint density at radius 1 is 1.02 bits per heavy atom. The van der Waals surface area contributed by atoms with Crippen LogP contribution in [0.5, 0.6) is 0 Å². The second-order valence-corrected chi connectivity index (χ2v) is 11.7. The van der Waals surface area contributed by atoms with E-state index in [0.29, 0.717) is 34.7 Å². The van der Waals surface area contributed by atoms with Crippen LogP contribution in [0.4, 0.5) is 0 Å². The average molecular weight is 599 g/mol. The van der Waals surface area contributed by atoms with Crippen LogP contribution in [-0.4, -0.2) is 33.6 Å². The number of aryl methyl sites for hydroxylation is 1. The normalized spacial score (nSPS) is 14.5. The molecule has 0 radical (unpaired) electrons. The van der Waals surface area contributed by atoms with E-state index in [0.717, 1.165) is 33.6 Å². The summed E-state index contributed by atoms with van der Waals surface area (Å²) in [5.74, 6) is -0.295. The molecule has 4 aromatic rings. The zero-order chi connectivity index (χ0) is 29.6.